The van der Waals surface area contributed by atoms with Gasteiger partial charge in [-0.15, -0.1) is 0 Å². The first-order valence-electron chi connectivity index (χ1n) is 8.71. The third kappa shape index (κ3) is 3.12. The first-order chi connectivity index (χ1) is 12.2. The van der Waals surface area contributed by atoms with Crippen molar-refractivity contribution in [1.82, 2.24) is 10.6 Å². The average Bonchev–Trinajstić information content (AvgIpc) is 3.27. The van der Waals surface area contributed by atoms with Crippen molar-refractivity contribution in [2.24, 2.45) is 0 Å². The molecule has 0 saturated heterocycles. The Bertz CT molecular complexity index is 799. The Kier molecular flexibility index (Phi) is 4.17. The van der Waals surface area contributed by atoms with Gasteiger partial charge in [0.05, 0.1) is 18.8 Å². The number of fused-ring (bicyclic) bond motifs is 2. The summed E-state index contributed by atoms with van der Waals surface area (Å²) in [7, 11) is 0. The van der Waals surface area contributed by atoms with Gasteiger partial charge in [0.2, 0.25) is 5.91 Å². The van der Waals surface area contributed by atoms with E-state index in [9.17, 15) is 9.59 Å². The Balaban J connectivity index is 1.32. The van der Waals surface area contributed by atoms with Gasteiger partial charge >= 0.3 is 6.03 Å². The van der Waals surface area contributed by atoms with Gasteiger partial charge in [-0.2, -0.15) is 0 Å². The summed E-state index contributed by atoms with van der Waals surface area (Å²) in [6, 6.07) is 9.43. The van der Waals surface area contributed by atoms with Crippen LogP contribution in [0.15, 0.2) is 41.0 Å². The molecule has 1 aromatic carbocycles. The number of para-hydroxylation sites is 1. The van der Waals surface area contributed by atoms with E-state index in [4.69, 9.17) is 4.42 Å². The van der Waals surface area contributed by atoms with Gasteiger partial charge in [-0.25, -0.2) is 4.79 Å². The molecule has 1 aliphatic heterocycles. The summed E-state index contributed by atoms with van der Waals surface area (Å²) in [6.45, 7) is 0.660. The first-order valence-corrected chi connectivity index (χ1v) is 8.71. The molecule has 2 heterocycles. The van der Waals surface area contributed by atoms with Crippen LogP contribution in [0.5, 0.6) is 0 Å². The molecule has 3 amide bonds. The molecule has 0 spiro atoms. The van der Waals surface area contributed by atoms with Crippen LogP contribution in [0.25, 0.3) is 0 Å². The van der Waals surface area contributed by atoms with Crippen LogP contribution in [-0.4, -0.2) is 25.0 Å². The molecule has 6 nitrogen and oxygen atoms in total. The van der Waals surface area contributed by atoms with E-state index in [1.165, 1.54) is 5.56 Å². The van der Waals surface area contributed by atoms with Gasteiger partial charge in [0.25, 0.3) is 0 Å². The molecular formula is C19H21N3O3. The number of rotatable bonds is 3. The number of furan rings is 1. The van der Waals surface area contributed by atoms with Gasteiger partial charge in [0, 0.05) is 24.2 Å². The van der Waals surface area contributed by atoms with E-state index in [-0.39, 0.29) is 24.5 Å². The minimum absolute atomic E-state index is 0.00880. The van der Waals surface area contributed by atoms with Crippen molar-refractivity contribution in [3.05, 3.63) is 53.5 Å². The van der Waals surface area contributed by atoms with Gasteiger partial charge in [-0.3, -0.25) is 4.79 Å². The smallest absolute Gasteiger partial charge is 0.315 e. The van der Waals surface area contributed by atoms with Gasteiger partial charge < -0.3 is 20.0 Å². The molecule has 0 bridgehead atoms. The van der Waals surface area contributed by atoms with Gasteiger partial charge in [-0.1, -0.05) is 18.2 Å². The lowest BCUT2D eigenvalue weighted by atomic mass is 9.93. The fourth-order valence-corrected chi connectivity index (χ4v) is 3.69. The summed E-state index contributed by atoms with van der Waals surface area (Å²) < 4.78 is 5.43. The molecule has 1 aliphatic carbocycles. The van der Waals surface area contributed by atoms with Crippen LogP contribution in [0, 0.1) is 0 Å². The molecule has 2 aliphatic rings. The second-order valence-corrected chi connectivity index (χ2v) is 6.50. The molecular weight excluding hydrogens is 318 g/mol. The van der Waals surface area contributed by atoms with E-state index in [0.717, 1.165) is 42.7 Å². The van der Waals surface area contributed by atoms with Crippen molar-refractivity contribution in [3.63, 3.8) is 0 Å². The average molecular weight is 339 g/mol. The molecule has 1 aromatic heterocycles. The van der Waals surface area contributed by atoms with E-state index in [2.05, 4.69) is 10.6 Å². The predicted octanol–water partition coefficient (Wildman–Crippen LogP) is 2.55. The molecule has 130 valence electrons. The maximum absolute atomic E-state index is 12.4. The van der Waals surface area contributed by atoms with Crippen molar-refractivity contribution in [2.45, 2.75) is 31.7 Å². The van der Waals surface area contributed by atoms with E-state index < -0.39 is 0 Å². The fraction of sp³-hybridized carbons (Fsp3) is 0.368. The van der Waals surface area contributed by atoms with Gasteiger partial charge in [0.1, 0.15) is 5.76 Å². The second kappa shape index (κ2) is 6.63. The van der Waals surface area contributed by atoms with Crippen molar-refractivity contribution in [2.75, 3.05) is 18.0 Å². The minimum Gasteiger partial charge on any atom is -0.469 e. The van der Waals surface area contributed by atoms with Crippen molar-refractivity contribution in [1.29, 1.82) is 0 Å². The normalized spacial score (nSPS) is 18.4. The number of hydrogen-bond donors (Lipinski definition) is 2. The molecule has 0 unspecified atom stereocenters. The van der Waals surface area contributed by atoms with E-state index in [1.807, 2.05) is 30.3 Å². The number of carbonyl (C=O) groups is 2. The molecule has 0 fully saturated rings. The number of aryl methyl sites for hydroxylation is 1. The zero-order valence-electron chi connectivity index (χ0n) is 14.0. The van der Waals surface area contributed by atoms with Crippen LogP contribution in [0.2, 0.25) is 0 Å². The third-order valence-electron chi connectivity index (χ3n) is 4.95. The molecule has 2 N–H and O–H groups in total. The zero-order chi connectivity index (χ0) is 17.2. The van der Waals surface area contributed by atoms with E-state index >= 15 is 0 Å². The summed E-state index contributed by atoms with van der Waals surface area (Å²) in [5.74, 6) is 0.856. The largest absolute Gasteiger partial charge is 0.469 e. The lowest BCUT2D eigenvalue weighted by Gasteiger charge is -2.23. The zero-order valence-corrected chi connectivity index (χ0v) is 14.0. The van der Waals surface area contributed by atoms with Crippen LogP contribution in [0.4, 0.5) is 10.5 Å². The minimum atomic E-state index is -0.320. The number of nitrogens with one attached hydrogen (secondary N) is 2. The number of urea groups is 1. The van der Waals surface area contributed by atoms with Crippen LogP contribution >= 0.6 is 0 Å². The van der Waals surface area contributed by atoms with Crippen LogP contribution in [0.1, 0.15) is 35.8 Å². The van der Waals surface area contributed by atoms with Crippen molar-refractivity contribution >= 4 is 17.6 Å². The number of hydrogen-bond acceptors (Lipinski definition) is 3. The van der Waals surface area contributed by atoms with Crippen molar-refractivity contribution in [3.8, 4) is 0 Å². The Labute approximate surface area is 146 Å². The van der Waals surface area contributed by atoms with Crippen LogP contribution < -0.4 is 15.5 Å². The molecule has 1 atom stereocenters. The highest BCUT2D eigenvalue weighted by Gasteiger charge is 2.26. The maximum atomic E-state index is 12.4. The van der Waals surface area contributed by atoms with Crippen LogP contribution in [0.3, 0.4) is 0 Å². The summed E-state index contributed by atoms with van der Waals surface area (Å²) in [4.78, 5) is 26.4. The Morgan fingerprint density at radius 3 is 3.00 bits per heavy atom. The monoisotopic (exact) mass is 339 g/mol. The number of amides is 3. The Hall–Kier alpha value is -2.76. The first kappa shape index (κ1) is 15.7. The Morgan fingerprint density at radius 1 is 1.20 bits per heavy atom. The highest BCUT2D eigenvalue weighted by Crippen LogP contribution is 2.30. The standard InChI is InChI=1S/C19H21N3O3/c23-18(22-10-8-13-4-1-2-6-16(13)22)12-20-19(24)21-15-5-3-7-17-14(15)9-11-25-17/h1-2,4,6,9,11,15H,3,5,7-8,10,12H2,(H2,20,21,24)/t15-/m1/s1. The summed E-state index contributed by atoms with van der Waals surface area (Å²) in [5, 5.41) is 5.63. The summed E-state index contributed by atoms with van der Waals surface area (Å²) >= 11 is 0. The molecule has 4 rings (SSSR count). The molecule has 6 heteroatoms. The molecule has 0 saturated carbocycles. The topological polar surface area (TPSA) is 74.6 Å². The number of anilines is 1. The highest BCUT2D eigenvalue weighted by molar-refractivity contribution is 5.98. The van der Waals surface area contributed by atoms with Gasteiger partial charge in [-0.05, 0) is 37.0 Å². The molecule has 0 radical (unpaired) electrons. The highest BCUT2D eigenvalue weighted by atomic mass is 16.3. The molecule has 2 aromatic rings. The second-order valence-electron chi connectivity index (χ2n) is 6.50. The van der Waals surface area contributed by atoms with Gasteiger partial charge in [0.15, 0.2) is 0 Å². The van der Waals surface area contributed by atoms with E-state index in [0.29, 0.717) is 6.54 Å². The predicted molar refractivity (Wildman–Crippen MR) is 93.4 cm³/mol. The Morgan fingerprint density at radius 2 is 2.08 bits per heavy atom. The lowest BCUT2D eigenvalue weighted by molar-refractivity contribution is -0.117. The van der Waals surface area contributed by atoms with E-state index in [1.54, 1.807) is 11.2 Å². The molecule has 25 heavy (non-hydrogen) atoms. The number of benzene rings is 1. The third-order valence-corrected chi connectivity index (χ3v) is 4.95. The SMILES string of the molecule is O=C(NCC(=O)N1CCc2ccccc21)N[C@@H]1CCCc2occc21. The number of nitrogens with zero attached hydrogens (tertiary/aromatic N) is 1. The lowest BCUT2D eigenvalue weighted by Crippen LogP contribution is -2.44. The fourth-order valence-electron chi connectivity index (χ4n) is 3.69. The van der Waals surface area contributed by atoms with Crippen molar-refractivity contribution < 1.29 is 14.0 Å². The maximum Gasteiger partial charge on any atom is 0.315 e. The summed E-state index contributed by atoms with van der Waals surface area (Å²) in [6.07, 6.45) is 5.30. The quantitative estimate of drug-likeness (QED) is 0.902. The summed E-state index contributed by atoms with van der Waals surface area (Å²) in [5.41, 5.74) is 3.17. The van der Waals surface area contributed by atoms with Crippen LogP contribution in [-0.2, 0) is 17.6 Å². The number of carbonyl (C=O) groups excluding carboxylic acids is 2.